The Morgan fingerprint density at radius 2 is 0.667 bits per heavy atom. The molecule has 15 aromatic rings. The smallest absolute Gasteiger partial charge is 0.188 e. The molecule has 0 amide bonds. The van der Waals surface area contributed by atoms with Gasteiger partial charge in [-0.15, -0.1) is 0 Å². The lowest BCUT2D eigenvalue weighted by Crippen LogP contribution is -2.03. The molecule has 0 atom stereocenters. The van der Waals surface area contributed by atoms with Gasteiger partial charge in [0.15, 0.2) is 40.6 Å². The third kappa shape index (κ3) is 8.68. The predicted octanol–water partition coefficient (Wildman–Crippen LogP) is 18.0. The molecule has 0 fully saturated rings. The molecule has 0 unspecified atom stereocenters. The normalized spacial score (nSPS) is 11.3. The van der Waals surface area contributed by atoms with Crippen LogP contribution in [0.15, 0.2) is 267 Å². The van der Waals surface area contributed by atoms with E-state index in [9.17, 15) is 5.26 Å². The van der Waals surface area contributed by atoms with E-state index in [0.717, 1.165) is 111 Å². The maximum atomic E-state index is 10.0. The van der Waals surface area contributed by atoms with Gasteiger partial charge >= 0.3 is 0 Å². The molecule has 0 aliphatic carbocycles. The van der Waals surface area contributed by atoms with Gasteiger partial charge in [-0.3, -0.25) is 0 Å². The number of aromatic nitrogens is 8. The Morgan fingerprint density at radius 1 is 0.298 bits per heavy atom. The van der Waals surface area contributed by atoms with Crippen LogP contribution in [-0.4, -0.2) is 39.0 Å². The van der Waals surface area contributed by atoms with Crippen molar-refractivity contribution in [2.45, 2.75) is 0 Å². The summed E-state index contributed by atoms with van der Waals surface area (Å²) in [5.41, 5.74) is 15.6. The highest BCUT2D eigenvalue weighted by Crippen LogP contribution is 2.43. The van der Waals surface area contributed by atoms with Gasteiger partial charge in [-0.1, -0.05) is 194 Å². The summed E-state index contributed by atoms with van der Waals surface area (Å²) in [4.78, 5) is 35.3. The minimum atomic E-state index is 0.504. The highest BCUT2D eigenvalue weighted by molar-refractivity contribution is 6.11. The molecule has 84 heavy (non-hydrogen) atoms. The summed E-state index contributed by atoms with van der Waals surface area (Å²) in [5, 5.41) is 14.1. The lowest BCUT2D eigenvalue weighted by molar-refractivity contribution is 1.07. The van der Waals surface area contributed by atoms with Gasteiger partial charge in [0.25, 0.3) is 0 Å². The zero-order valence-electron chi connectivity index (χ0n) is 44.9. The molecule has 0 bridgehead atoms. The van der Waals surface area contributed by atoms with Crippen LogP contribution >= 0.6 is 0 Å². The third-order valence-corrected chi connectivity index (χ3v) is 15.5. The van der Waals surface area contributed by atoms with Gasteiger partial charge < -0.3 is 9.13 Å². The molecule has 0 saturated carbocycles. The van der Waals surface area contributed by atoms with E-state index < -0.39 is 0 Å². The molecule has 4 heterocycles. The first-order valence-electron chi connectivity index (χ1n) is 27.5. The number of nitriles is 1. The van der Waals surface area contributed by atoms with Crippen LogP contribution in [0, 0.1) is 17.9 Å². The van der Waals surface area contributed by atoms with Crippen molar-refractivity contribution in [1.29, 1.82) is 5.26 Å². The SMILES string of the molecule is [C-]#[N+]c1ccc2c(c1)c1ccccc1n2-c1ccc(-c2cccc(-c3ccc(-n4c5ccccc5c5cc(C#N)ccc54)cc3-c3nc(-c4ccccc4)nc(-c4ccccc4)n3)c2)c(-c2nc(-c3ccccc3)nc(-c3ccccc3)n2)c1. The molecule has 0 spiro atoms. The van der Waals surface area contributed by atoms with Gasteiger partial charge in [0, 0.05) is 60.9 Å². The molecular weight excluding hydrogens is 1030 g/mol. The topological polar surface area (TPSA) is 115 Å². The molecule has 0 radical (unpaired) electrons. The number of para-hydroxylation sites is 2. The summed E-state index contributed by atoms with van der Waals surface area (Å²) in [6.45, 7) is 7.88. The molecule has 0 aliphatic rings. The summed E-state index contributed by atoms with van der Waals surface area (Å²) >= 11 is 0. The number of benzene rings is 11. The summed E-state index contributed by atoms with van der Waals surface area (Å²) in [6.07, 6.45) is 0. The molecule has 10 nitrogen and oxygen atoms in total. The first-order valence-corrected chi connectivity index (χ1v) is 27.5. The first-order chi connectivity index (χ1) is 41.5. The van der Waals surface area contributed by atoms with Crippen molar-refractivity contribution in [1.82, 2.24) is 39.0 Å². The molecular formula is C74H44N10. The van der Waals surface area contributed by atoms with Crippen LogP contribution in [0.5, 0.6) is 0 Å². The van der Waals surface area contributed by atoms with Crippen molar-refractivity contribution in [3.8, 4) is 108 Å². The number of hydrogen-bond donors (Lipinski definition) is 0. The molecule has 15 rings (SSSR count). The van der Waals surface area contributed by atoms with Crippen molar-refractivity contribution in [2.24, 2.45) is 0 Å². The zero-order chi connectivity index (χ0) is 56.1. The number of rotatable bonds is 10. The Hall–Kier alpha value is -12.0. The monoisotopic (exact) mass is 1070 g/mol. The van der Waals surface area contributed by atoms with Crippen LogP contribution in [0.2, 0.25) is 0 Å². The van der Waals surface area contributed by atoms with Crippen LogP contribution in [-0.2, 0) is 0 Å². The van der Waals surface area contributed by atoms with Crippen molar-refractivity contribution in [3.05, 3.63) is 284 Å². The second-order valence-corrected chi connectivity index (χ2v) is 20.5. The van der Waals surface area contributed by atoms with Crippen molar-refractivity contribution in [3.63, 3.8) is 0 Å². The van der Waals surface area contributed by atoms with Crippen molar-refractivity contribution in [2.75, 3.05) is 0 Å². The predicted molar refractivity (Wildman–Crippen MR) is 336 cm³/mol. The summed E-state index contributed by atoms with van der Waals surface area (Å²) in [7, 11) is 0. The van der Waals surface area contributed by atoms with Crippen LogP contribution in [0.4, 0.5) is 5.69 Å². The van der Waals surface area contributed by atoms with E-state index in [1.807, 2.05) is 176 Å². The average molecular weight is 1070 g/mol. The van der Waals surface area contributed by atoms with E-state index in [0.29, 0.717) is 46.2 Å². The quantitative estimate of drug-likeness (QED) is 0.125. The molecule has 0 saturated heterocycles. The fraction of sp³-hybridized carbons (Fsp3) is 0. The van der Waals surface area contributed by atoms with E-state index in [4.69, 9.17) is 36.5 Å². The second-order valence-electron chi connectivity index (χ2n) is 20.5. The van der Waals surface area contributed by atoms with Gasteiger partial charge in [-0.25, -0.2) is 34.7 Å². The van der Waals surface area contributed by atoms with Gasteiger partial charge in [-0.2, -0.15) is 5.26 Å². The standard InChI is InChI=1S/C74H44N10/c1-76-54-34-40-68-62(43-54)60-30-15-17-32-66(60)84(68)56-36-38-58(64(45-56)74-81-71(50-23-10-4-11-24-50)78-72(82-74)51-25-12-5-13-26-51)53-28-18-27-52(42-53)57-37-35-55(83-65-31-16-14-29-59(65)61-41-47(46-75)33-39-67(61)83)44-63(57)73-79-69(48-19-6-2-7-20-48)77-70(80-73)49-21-8-3-9-22-49/h2-45H. The second kappa shape index (κ2) is 20.6. The molecule has 4 aromatic heterocycles. The van der Waals surface area contributed by atoms with Crippen LogP contribution < -0.4 is 0 Å². The van der Waals surface area contributed by atoms with Gasteiger partial charge in [-0.05, 0) is 100 Å². The van der Waals surface area contributed by atoms with E-state index in [-0.39, 0.29) is 0 Å². The van der Waals surface area contributed by atoms with Gasteiger partial charge in [0.05, 0.1) is 40.3 Å². The fourth-order valence-corrected chi connectivity index (χ4v) is 11.6. The Bertz CT molecular complexity index is 4720. The first kappa shape index (κ1) is 49.1. The highest BCUT2D eigenvalue weighted by atomic mass is 15.1. The Kier molecular flexibility index (Phi) is 12.0. The van der Waals surface area contributed by atoms with Crippen molar-refractivity contribution >= 4 is 49.3 Å². The summed E-state index contributed by atoms with van der Waals surface area (Å²) < 4.78 is 4.51. The lowest BCUT2D eigenvalue weighted by Gasteiger charge is -2.17. The minimum absolute atomic E-state index is 0.504. The van der Waals surface area contributed by atoms with E-state index in [2.05, 4.69) is 111 Å². The highest BCUT2D eigenvalue weighted by Gasteiger charge is 2.23. The van der Waals surface area contributed by atoms with Crippen LogP contribution in [0.1, 0.15) is 5.56 Å². The maximum Gasteiger partial charge on any atom is 0.188 e. The zero-order valence-corrected chi connectivity index (χ0v) is 44.9. The maximum absolute atomic E-state index is 10.0. The van der Waals surface area contributed by atoms with Crippen LogP contribution in [0.3, 0.4) is 0 Å². The largest absolute Gasteiger partial charge is 0.309 e. The van der Waals surface area contributed by atoms with Crippen molar-refractivity contribution < 1.29 is 0 Å². The number of nitrogens with zero attached hydrogens (tertiary/aromatic N) is 10. The molecule has 0 aliphatic heterocycles. The third-order valence-electron chi connectivity index (χ3n) is 15.5. The minimum Gasteiger partial charge on any atom is -0.309 e. The van der Waals surface area contributed by atoms with Crippen LogP contribution in [0.25, 0.3) is 150 Å². The van der Waals surface area contributed by atoms with Gasteiger partial charge in [0.2, 0.25) is 0 Å². The Labute approximate surface area is 483 Å². The van der Waals surface area contributed by atoms with E-state index >= 15 is 0 Å². The average Bonchev–Trinajstić information content (AvgIpc) is 2.47. The molecule has 0 N–H and O–H groups in total. The summed E-state index contributed by atoms with van der Waals surface area (Å²) in [5.74, 6) is 3.21. The molecule has 11 aromatic carbocycles. The molecule has 10 heteroatoms. The fourth-order valence-electron chi connectivity index (χ4n) is 11.6. The van der Waals surface area contributed by atoms with Gasteiger partial charge in [0.1, 0.15) is 0 Å². The Morgan fingerprint density at radius 3 is 1.10 bits per heavy atom. The summed E-state index contributed by atoms with van der Waals surface area (Å²) in [6, 6.07) is 92.5. The number of hydrogen-bond acceptors (Lipinski definition) is 7. The number of fused-ring (bicyclic) bond motifs is 6. The van der Waals surface area contributed by atoms with E-state index in [1.165, 1.54) is 0 Å². The molecule has 390 valence electrons. The lowest BCUT2D eigenvalue weighted by atomic mass is 9.92. The van der Waals surface area contributed by atoms with E-state index in [1.54, 1.807) is 0 Å². The Balaban J connectivity index is 0.975.